The summed E-state index contributed by atoms with van der Waals surface area (Å²) in [5.74, 6) is 1.85. The second-order valence-corrected chi connectivity index (χ2v) is 5.29. The predicted molar refractivity (Wildman–Crippen MR) is 91.5 cm³/mol. The van der Waals surface area contributed by atoms with Gasteiger partial charge in [-0.2, -0.15) is 0 Å². The Bertz CT molecular complexity index is 797. The first-order valence-corrected chi connectivity index (χ1v) is 7.62. The van der Waals surface area contributed by atoms with Crippen LogP contribution in [0.25, 0.3) is 0 Å². The molecule has 2 aromatic carbocycles. The van der Waals surface area contributed by atoms with Gasteiger partial charge >= 0.3 is 0 Å². The zero-order chi connectivity index (χ0) is 16.8. The van der Waals surface area contributed by atoms with Crippen molar-refractivity contribution in [1.29, 1.82) is 0 Å². The smallest absolute Gasteiger partial charge is 0.219 e. The van der Waals surface area contributed by atoms with E-state index in [1.165, 1.54) is 13.1 Å². The summed E-state index contributed by atoms with van der Waals surface area (Å²) < 4.78 is 11.4. The van der Waals surface area contributed by atoms with Gasteiger partial charge in [-0.3, -0.25) is 4.79 Å². The molecule has 1 aromatic heterocycles. The summed E-state index contributed by atoms with van der Waals surface area (Å²) in [5.41, 5.74) is 1.68. The molecule has 0 atom stereocenters. The number of pyridine rings is 1. The Morgan fingerprint density at radius 3 is 2.25 bits per heavy atom. The minimum absolute atomic E-state index is 0.0195. The Labute approximate surface area is 140 Å². The summed E-state index contributed by atoms with van der Waals surface area (Å²) in [6, 6.07) is 20.7. The number of hydrogen-bond acceptors (Lipinski definition) is 4. The van der Waals surface area contributed by atoms with E-state index in [1.54, 1.807) is 12.1 Å². The topological polar surface area (TPSA) is 48.4 Å². The van der Waals surface area contributed by atoms with Crippen LogP contribution in [0.3, 0.4) is 0 Å². The van der Waals surface area contributed by atoms with Crippen molar-refractivity contribution < 1.29 is 14.3 Å². The zero-order valence-electron chi connectivity index (χ0n) is 13.3. The van der Waals surface area contributed by atoms with Crippen molar-refractivity contribution in [3.05, 3.63) is 84.1 Å². The number of hydrogen-bond donors (Lipinski definition) is 0. The summed E-state index contributed by atoms with van der Waals surface area (Å²) in [5, 5.41) is 0. The fourth-order valence-electron chi connectivity index (χ4n) is 2.11. The van der Waals surface area contributed by atoms with Gasteiger partial charge in [-0.1, -0.05) is 30.3 Å². The molecule has 0 aliphatic rings. The van der Waals surface area contributed by atoms with Crippen molar-refractivity contribution in [3.63, 3.8) is 0 Å². The van der Waals surface area contributed by atoms with Crippen molar-refractivity contribution in [1.82, 2.24) is 4.98 Å². The third kappa shape index (κ3) is 4.20. The van der Waals surface area contributed by atoms with Crippen LogP contribution >= 0.6 is 0 Å². The molecule has 4 heteroatoms. The Morgan fingerprint density at radius 1 is 0.917 bits per heavy atom. The van der Waals surface area contributed by atoms with E-state index < -0.39 is 0 Å². The average molecular weight is 319 g/mol. The lowest BCUT2D eigenvalue weighted by Gasteiger charge is -2.08. The van der Waals surface area contributed by atoms with Crippen molar-refractivity contribution in [3.8, 4) is 17.4 Å². The number of carbonyl (C=O) groups is 1. The lowest BCUT2D eigenvalue weighted by Crippen LogP contribution is -1.95. The Balaban J connectivity index is 1.59. The van der Waals surface area contributed by atoms with Crippen LogP contribution in [0.1, 0.15) is 22.8 Å². The molecular formula is C20H17NO3. The van der Waals surface area contributed by atoms with E-state index in [0.717, 1.165) is 11.3 Å². The molecule has 24 heavy (non-hydrogen) atoms. The minimum atomic E-state index is -0.0195. The molecule has 0 spiro atoms. The van der Waals surface area contributed by atoms with Gasteiger partial charge in [0, 0.05) is 17.8 Å². The SMILES string of the molecule is CC(=O)c1ccc(Oc2ccc(OCc3ccccc3)cc2)nc1. The van der Waals surface area contributed by atoms with Gasteiger partial charge in [-0.25, -0.2) is 4.98 Å². The van der Waals surface area contributed by atoms with Crippen LogP contribution in [0.4, 0.5) is 0 Å². The van der Waals surface area contributed by atoms with Crippen LogP contribution in [-0.2, 0) is 6.61 Å². The lowest BCUT2D eigenvalue weighted by atomic mass is 10.2. The number of benzene rings is 2. The zero-order valence-corrected chi connectivity index (χ0v) is 13.3. The molecule has 3 aromatic rings. The Morgan fingerprint density at radius 2 is 1.62 bits per heavy atom. The average Bonchev–Trinajstić information content (AvgIpc) is 2.62. The largest absolute Gasteiger partial charge is 0.489 e. The van der Waals surface area contributed by atoms with Gasteiger partial charge in [-0.05, 0) is 42.8 Å². The second kappa shape index (κ2) is 7.42. The molecule has 0 unspecified atom stereocenters. The predicted octanol–water partition coefficient (Wildman–Crippen LogP) is 4.66. The molecule has 0 radical (unpaired) electrons. The molecular weight excluding hydrogens is 302 g/mol. The first kappa shape index (κ1) is 15.7. The number of Topliss-reactive ketones (excluding diaryl/α,β-unsaturated/α-hetero) is 1. The highest BCUT2D eigenvalue weighted by molar-refractivity contribution is 5.93. The van der Waals surface area contributed by atoms with Gasteiger partial charge in [0.15, 0.2) is 5.78 Å². The molecule has 120 valence electrons. The summed E-state index contributed by atoms with van der Waals surface area (Å²) in [6.45, 7) is 2.03. The number of nitrogens with zero attached hydrogens (tertiary/aromatic N) is 1. The quantitative estimate of drug-likeness (QED) is 0.620. The fourth-order valence-corrected chi connectivity index (χ4v) is 2.11. The molecule has 1 heterocycles. The van der Waals surface area contributed by atoms with Gasteiger partial charge in [0.2, 0.25) is 5.88 Å². The molecule has 4 nitrogen and oxygen atoms in total. The van der Waals surface area contributed by atoms with Gasteiger partial charge < -0.3 is 9.47 Å². The highest BCUT2D eigenvalue weighted by atomic mass is 16.5. The van der Waals surface area contributed by atoms with Gasteiger partial charge in [0.05, 0.1) is 0 Å². The molecule has 0 saturated carbocycles. The van der Waals surface area contributed by atoms with Gasteiger partial charge in [0.1, 0.15) is 18.1 Å². The summed E-state index contributed by atoms with van der Waals surface area (Å²) in [4.78, 5) is 15.3. The number of ketones is 1. The van der Waals surface area contributed by atoms with Crippen molar-refractivity contribution in [2.75, 3.05) is 0 Å². The van der Waals surface area contributed by atoms with Crippen LogP contribution in [0, 0.1) is 0 Å². The second-order valence-electron chi connectivity index (χ2n) is 5.29. The molecule has 3 rings (SSSR count). The monoisotopic (exact) mass is 319 g/mol. The highest BCUT2D eigenvalue weighted by Gasteiger charge is 2.03. The number of ether oxygens (including phenoxy) is 2. The highest BCUT2D eigenvalue weighted by Crippen LogP contribution is 2.23. The van der Waals surface area contributed by atoms with E-state index in [4.69, 9.17) is 9.47 Å². The molecule has 0 fully saturated rings. The maximum Gasteiger partial charge on any atom is 0.219 e. The molecule has 0 saturated heterocycles. The molecule has 0 aliphatic heterocycles. The van der Waals surface area contributed by atoms with Crippen molar-refractivity contribution in [2.24, 2.45) is 0 Å². The lowest BCUT2D eigenvalue weighted by molar-refractivity contribution is 0.101. The molecule has 0 N–H and O–H groups in total. The summed E-state index contributed by atoms with van der Waals surface area (Å²) in [7, 11) is 0. The van der Waals surface area contributed by atoms with Crippen LogP contribution in [0.5, 0.6) is 17.4 Å². The van der Waals surface area contributed by atoms with E-state index in [-0.39, 0.29) is 5.78 Å². The van der Waals surface area contributed by atoms with E-state index in [1.807, 2.05) is 54.6 Å². The van der Waals surface area contributed by atoms with Gasteiger partial charge in [0.25, 0.3) is 0 Å². The third-order valence-electron chi connectivity index (χ3n) is 3.44. The first-order chi connectivity index (χ1) is 11.7. The van der Waals surface area contributed by atoms with E-state index in [0.29, 0.717) is 23.8 Å². The fraction of sp³-hybridized carbons (Fsp3) is 0.100. The van der Waals surface area contributed by atoms with Gasteiger partial charge in [-0.15, -0.1) is 0 Å². The van der Waals surface area contributed by atoms with E-state index in [2.05, 4.69) is 4.98 Å². The molecule has 0 aliphatic carbocycles. The maximum atomic E-state index is 11.2. The van der Waals surface area contributed by atoms with Crippen LogP contribution in [0.2, 0.25) is 0 Å². The number of rotatable bonds is 6. The van der Waals surface area contributed by atoms with E-state index >= 15 is 0 Å². The van der Waals surface area contributed by atoms with Crippen molar-refractivity contribution in [2.45, 2.75) is 13.5 Å². The Hall–Kier alpha value is -3.14. The standard InChI is InChI=1S/C20H17NO3/c1-15(22)17-7-12-20(21-13-17)24-19-10-8-18(9-11-19)23-14-16-5-3-2-4-6-16/h2-13H,14H2,1H3. The first-order valence-electron chi connectivity index (χ1n) is 7.62. The maximum absolute atomic E-state index is 11.2. The van der Waals surface area contributed by atoms with E-state index in [9.17, 15) is 4.79 Å². The number of aromatic nitrogens is 1. The van der Waals surface area contributed by atoms with Crippen molar-refractivity contribution >= 4 is 5.78 Å². The molecule has 0 amide bonds. The third-order valence-corrected chi connectivity index (χ3v) is 3.44. The molecule has 0 bridgehead atoms. The van der Waals surface area contributed by atoms with Crippen LogP contribution < -0.4 is 9.47 Å². The van der Waals surface area contributed by atoms with Crippen LogP contribution in [0.15, 0.2) is 72.9 Å². The Kier molecular flexibility index (Phi) is 4.87. The normalized spacial score (nSPS) is 10.2. The summed E-state index contributed by atoms with van der Waals surface area (Å²) in [6.07, 6.45) is 1.51. The summed E-state index contributed by atoms with van der Waals surface area (Å²) >= 11 is 0. The van der Waals surface area contributed by atoms with Crippen LogP contribution in [-0.4, -0.2) is 10.8 Å². The number of carbonyl (C=O) groups excluding carboxylic acids is 1. The minimum Gasteiger partial charge on any atom is -0.489 e.